The van der Waals surface area contributed by atoms with Crippen LogP contribution >= 0.6 is 0 Å². The number of non-ortho nitro benzene ring substituents is 1. The molecule has 148 valence electrons. The number of aryl methyl sites for hydroxylation is 1. The van der Waals surface area contributed by atoms with Crippen LogP contribution in [-0.2, 0) is 0 Å². The van der Waals surface area contributed by atoms with Crippen molar-refractivity contribution >= 4 is 5.69 Å². The highest BCUT2D eigenvalue weighted by molar-refractivity contribution is 5.42. The van der Waals surface area contributed by atoms with Gasteiger partial charge in [0.15, 0.2) is 0 Å². The molecule has 0 bridgehead atoms. The third-order valence-corrected chi connectivity index (χ3v) is 2.45. The molecule has 0 amide bonds. The number of ether oxygens (including phenoxy) is 1. The van der Waals surface area contributed by atoms with Gasteiger partial charge in [0.05, 0.1) is 4.92 Å². The van der Waals surface area contributed by atoms with Crippen LogP contribution in [0.1, 0.15) is 61.0 Å². The zero-order valence-corrected chi connectivity index (χ0v) is 17.7. The van der Waals surface area contributed by atoms with Crippen LogP contribution in [0.5, 0.6) is 17.2 Å². The van der Waals surface area contributed by atoms with E-state index in [4.69, 9.17) is 4.74 Å². The average molecular weight is 366 g/mol. The molecule has 0 saturated heterocycles. The molecule has 0 aliphatic heterocycles. The second kappa shape index (κ2) is 18.8. The minimum absolute atomic E-state index is 0.0178. The van der Waals surface area contributed by atoms with Crippen molar-refractivity contribution in [2.24, 2.45) is 0 Å². The molecule has 5 heteroatoms. The molecule has 0 atom stereocenters. The van der Waals surface area contributed by atoms with Crippen molar-refractivity contribution in [3.63, 3.8) is 0 Å². The van der Waals surface area contributed by atoms with Crippen LogP contribution in [0.4, 0.5) is 5.69 Å². The van der Waals surface area contributed by atoms with Crippen LogP contribution in [0, 0.1) is 17.0 Å². The minimum atomic E-state index is -0.464. The van der Waals surface area contributed by atoms with Crippen molar-refractivity contribution in [1.29, 1.82) is 0 Å². The quantitative estimate of drug-likeness (QED) is 0.451. The van der Waals surface area contributed by atoms with Crippen LogP contribution in [-0.4, -0.2) is 10.0 Å². The van der Waals surface area contributed by atoms with E-state index in [0.29, 0.717) is 17.1 Å². The number of nitro benzene ring substituents is 1. The predicted octanol–water partition coefficient (Wildman–Crippen LogP) is 7.51. The maximum absolute atomic E-state index is 10.5. The van der Waals surface area contributed by atoms with Gasteiger partial charge in [0.25, 0.3) is 5.69 Å². The molecule has 2 aromatic carbocycles. The van der Waals surface area contributed by atoms with Gasteiger partial charge in [0.2, 0.25) is 0 Å². The monoisotopic (exact) mass is 365 g/mol. The molecular formula is C21H35NO4. The first kappa shape index (κ1) is 28.3. The topological polar surface area (TPSA) is 72.6 Å². The Balaban J connectivity index is -0.000000585. The molecule has 2 aromatic rings. The summed E-state index contributed by atoms with van der Waals surface area (Å²) in [6.07, 6.45) is 0. The predicted molar refractivity (Wildman–Crippen MR) is 111 cm³/mol. The molecule has 0 aliphatic rings. The fourth-order valence-corrected chi connectivity index (χ4v) is 1.46. The summed E-state index contributed by atoms with van der Waals surface area (Å²) in [5, 5.41) is 19.9. The molecule has 0 aromatic heterocycles. The highest BCUT2D eigenvalue weighted by Gasteiger charge is 2.05. The molecule has 0 aliphatic carbocycles. The van der Waals surface area contributed by atoms with Crippen molar-refractivity contribution in [2.75, 3.05) is 0 Å². The smallest absolute Gasteiger partial charge is 0.269 e. The van der Waals surface area contributed by atoms with Gasteiger partial charge in [-0.2, -0.15) is 0 Å². The first-order chi connectivity index (χ1) is 12.6. The standard InChI is InChI=1S/C13H11NO4.4C2H6/c1-9-8-12(6-7-13(9)15)18-11-4-2-10(3-5-11)14(16)17;4*1-2/h2-8,15H,1H3;4*1-2H3. The Bertz CT molecular complexity index is 581. The summed E-state index contributed by atoms with van der Waals surface area (Å²) in [6.45, 7) is 17.8. The van der Waals surface area contributed by atoms with E-state index in [1.54, 1.807) is 19.1 Å². The van der Waals surface area contributed by atoms with Crippen LogP contribution < -0.4 is 4.74 Å². The van der Waals surface area contributed by atoms with Gasteiger partial charge < -0.3 is 9.84 Å². The minimum Gasteiger partial charge on any atom is -0.508 e. The van der Waals surface area contributed by atoms with Gasteiger partial charge in [-0.15, -0.1) is 0 Å². The molecule has 0 radical (unpaired) electrons. The molecule has 26 heavy (non-hydrogen) atoms. The van der Waals surface area contributed by atoms with Crippen molar-refractivity contribution in [2.45, 2.75) is 62.3 Å². The number of nitrogens with zero attached hydrogens (tertiary/aromatic N) is 1. The van der Waals surface area contributed by atoms with Crippen LogP contribution in [0.25, 0.3) is 0 Å². The number of rotatable bonds is 3. The summed E-state index contributed by atoms with van der Waals surface area (Å²) in [5.41, 5.74) is 0.721. The summed E-state index contributed by atoms with van der Waals surface area (Å²) in [6, 6.07) is 10.7. The Morgan fingerprint density at radius 2 is 1.23 bits per heavy atom. The lowest BCUT2D eigenvalue weighted by atomic mass is 10.2. The molecule has 0 fully saturated rings. The first-order valence-electron chi connectivity index (χ1n) is 9.28. The number of phenolic OH excluding ortho intramolecular Hbond substituents is 1. The Morgan fingerprint density at radius 3 is 1.62 bits per heavy atom. The Kier molecular flexibility index (Phi) is 20.4. The normalized spacial score (nSPS) is 7.88. The lowest BCUT2D eigenvalue weighted by molar-refractivity contribution is -0.384. The second-order valence-corrected chi connectivity index (χ2v) is 3.80. The van der Waals surface area contributed by atoms with Gasteiger partial charge in [0.1, 0.15) is 17.2 Å². The highest BCUT2D eigenvalue weighted by Crippen LogP contribution is 2.27. The van der Waals surface area contributed by atoms with Crippen molar-refractivity contribution in [3.05, 3.63) is 58.1 Å². The Labute approximate surface area is 158 Å². The summed E-state index contributed by atoms with van der Waals surface area (Å²) in [4.78, 5) is 10.0. The van der Waals surface area contributed by atoms with Gasteiger partial charge in [-0.3, -0.25) is 10.1 Å². The Morgan fingerprint density at radius 1 is 0.808 bits per heavy atom. The maximum Gasteiger partial charge on any atom is 0.269 e. The first-order valence-corrected chi connectivity index (χ1v) is 9.28. The van der Waals surface area contributed by atoms with Gasteiger partial charge in [-0.1, -0.05) is 55.4 Å². The molecular weight excluding hydrogens is 330 g/mol. The number of phenols is 1. The van der Waals surface area contributed by atoms with E-state index in [1.807, 2.05) is 55.4 Å². The summed E-state index contributed by atoms with van der Waals surface area (Å²) < 4.78 is 5.52. The maximum atomic E-state index is 10.5. The van der Waals surface area contributed by atoms with Crippen LogP contribution in [0.15, 0.2) is 42.5 Å². The van der Waals surface area contributed by atoms with Crippen molar-refractivity contribution in [3.8, 4) is 17.2 Å². The van der Waals surface area contributed by atoms with Crippen molar-refractivity contribution < 1.29 is 14.8 Å². The zero-order chi connectivity index (χ0) is 21.1. The van der Waals surface area contributed by atoms with Gasteiger partial charge >= 0.3 is 0 Å². The van der Waals surface area contributed by atoms with Gasteiger partial charge in [-0.25, -0.2) is 0 Å². The molecule has 0 saturated carbocycles. The van der Waals surface area contributed by atoms with Gasteiger partial charge in [0, 0.05) is 12.1 Å². The number of hydrogen-bond donors (Lipinski definition) is 1. The van der Waals surface area contributed by atoms with E-state index in [9.17, 15) is 15.2 Å². The number of nitro groups is 1. The van der Waals surface area contributed by atoms with E-state index in [-0.39, 0.29) is 11.4 Å². The number of benzene rings is 2. The van der Waals surface area contributed by atoms with Gasteiger partial charge in [-0.05, 0) is 42.8 Å². The fourth-order valence-electron chi connectivity index (χ4n) is 1.46. The fraction of sp³-hybridized carbons (Fsp3) is 0.429. The van der Waals surface area contributed by atoms with E-state index >= 15 is 0 Å². The second-order valence-electron chi connectivity index (χ2n) is 3.80. The molecule has 0 spiro atoms. The molecule has 5 nitrogen and oxygen atoms in total. The van der Waals surface area contributed by atoms with E-state index in [2.05, 4.69) is 0 Å². The van der Waals surface area contributed by atoms with E-state index in [1.165, 1.54) is 30.3 Å². The average Bonchev–Trinajstić information content (AvgIpc) is 2.71. The summed E-state index contributed by atoms with van der Waals surface area (Å²) in [5.74, 6) is 1.27. The third-order valence-electron chi connectivity index (χ3n) is 2.45. The number of hydrogen-bond acceptors (Lipinski definition) is 4. The Hall–Kier alpha value is -2.56. The SMILES string of the molecule is CC.CC.CC.CC.Cc1cc(Oc2ccc([N+](=O)[O-])cc2)ccc1O. The lowest BCUT2D eigenvalue weighted by Gasteiger charge is -2.06. The van der Waals surface area contributed by atoms with E-state index < -0.39 is 4.92 Å². The third kappa shape index (κ3) is 11.1. The molecule has 0 heterocycles. The largest absolute Gasteiger partial charge is 0.508 e. The van der Waals surface area contributed by atoms with E-state index in [0.717, 1.165) is 0 Å². The molecule has 1 N–H and O–H groups in total. The lowest BCUT2D eigenvalue weighted by Crippen LogP contribution is -1.88. The molecule has 0 unspecified atom stereocenters. The summed E-state index contributed by atoms with van der Waals surface area (Å²) >= 11 is 0. The van der Waals surface area contributed by atoms with Crippen molar-refractivity contribution in [1.82, 2.24) is 0 Å². The number of aromatic hydroxyl groups is 1. The summed E-state index contributed by atoms with van der Waals surface area (Å²) in [7, 11) is 0. The molecule has 2 rings (SSSR count). The highest BCUT2D eigenvalue weighted by atomic mass is 16.6. The van der Waals surface area contributed by atoms with Crippen LogP contribution in [0.2, 0.25) is 0 Å². The van der Waals surface area contributed by atoms with Crippen LogP contribution in [0.3, 0.4) is 0 Å². The zero-order valence-electron chi connectivity index (χ0n) is 17.7.